The number of carbonyl (C=O) groups is 1. The van der Waals surface area contributed by atoms with E-state index in [4.69, 9.17) is 15.5 Å². The van der Waals surface area contributed by atoms with E-state index in [2.05, 4.69) is 56.8 Å². The van der Waals surface area contributed by atoms with Crippen molar-refractivity contribution in [2.75, 3.05) is 12.3 Å². The molecule has 0 atom stereocenters. The normalized spacial score (nSPS) is 11.4. The third-order valence-electron chi connectivity index (χ3n) is 5.92. The minimum atomic E-state index is -0.646. The van der Waals surface area contributed by atoms with Crippen LogP contribution >= 0.6 is 0 Å². The standard InChI is InChI=1S/C27H26N10O2/c1-5-30-26(38)39-25-33-15-36(35-25)21-8-6-16(12-28)10-19(21)23-34-20-11-17(18-13-31-24(29)32-14-18)7-9-22(20)37(23)27(2,3)4/h6-11,13-15H,5H2,1-4H3,(H,30,38)(H2,29,31,32). The number of carbonyl (C=O) groups excluding carboxylic acids is 1. The van der Waals surface area contributed by atoms with Crippen molar-refractivity contribution in [1.29, 1.82) is 5.26 Å². The van der Waals surface area contributed by atoms with E-state index in [1.807, 2.05) is 18.2 Å². The number of hydrogen-bond donors (Lipinski definition) is 2. The molecule has 12 nitrogen and oxygen atoms in total. The molecule has 0 aliphatic carbocycles. The number of nitrogens with zero attached hydrogens (tertiary/aromatic N) is 8. The summed E-state index contributed by atoms with van der Waals surface area (Å²) in [4.78, 5) is 29.2. The number of nitrogens with one attached hydrogen (secondary N) is 1. The highest BCUT2D eigenvalue weighted by Gasteiger charge is 2.25. The molecule has 196 valence electrons. The number of imidazole rings is 1. The van der Waals surface area contributed by atoms with Gasteiger partial charge in [-0.3, -0.25) is 0 Å². The maximum absolute atomic E-state index is 11.8. The van der Waals surface area contributed by atoms with E-state index in [-0.39, 0.29) is 17.5 Å². The average molecular weight is 523 g/mol. The van der Waals surface area contributed by atoms with Gasteiger partial charge in [-0.2, -0.15) is 10.2 Å². The first kappa shape index (κ1) is 25.3. The van der Waals surface area contributed by atoms with Crippen molar-refractivity contribution in [3.63, 3.8) is 0 Å². The van der Waals surface area contributed by atoms with Crippen LogP contribution in [0.5, 0.6) is 6.01 Å². The summed E-state index contributed by atoms with van der Waals surface area (Å²) in [7, 11) is 0. The van der Waals surface area contributed by atoms with E-state index < -0.39 is 6.09 Å². The second kappa shape index (κ2) is 9.86. The molecule has 12 heteroatoms. The van der Waals surface area contributed by atoms with Crippen LogP contribution < -0.4 is 15.8 Å². The molecule has 0 aliphatic heterocycles. The summed E-state index contributed by atoms with van der Waals surface area (Å²) < 4.78 is 8.77. The van der Waals surface area contributed by atoms with Gasteiger partial charge in [-0.15, -0.1) is 5.10 Å². The van der Waals surface area contributed by atoms with Gasteiger partial charge in [-0.05, 0) is 63.6 Å². The van der Waals surface area contributed by atoms with Gasteiger partial charge < -0.3 is 20.4 Å². The van der Waals surface area contributed by atoms with Crippen LogP contribution in [0, 0.1) is 11.3 Å². The number of fused-ring (bicyclic) bond motifs is 1. The Hall–Kier alpha value is -5.31. The first-order valence-electron chi connectivity index (χ1n) is 12.2. The highest BCUT2D eigenvalue weighted by molar-refractivity contribution is 5.87. The van der Waals surface area contributed by atoms with Gasteiger partial charge in [0.05, 0.1) is 28.4 Å². The molecular formula is C27H26N10O2. The zero-order valence-electron chi connectivity index (χ0n) is 21.9. The lowest BCUT2D eigenvalue weighted by Crippen LogP contribution is -2.26. The van der Waals surface area contributed by atoms with Crippen molar-refractivity contribution in [2.45, 2.75) is 33.2 Å². The minimum absolute atomic E-state index is 0.101. The number of rotatable bonds is 5. The quantitative estimate of drug-likeness (QED) is 0.346. The number of anilines is 1. The Morgan fingerprint density at radius 2 is 1.87 bits per heavy atom. The molecule has 0 bridgehead atoms. The SMILES string of the molecule is CCNC(=O)Oc1ncn(-c2ccc(C#N)cc2-c2nc3cc(-c4cnc(N)nc4)ccc3n2C(C)(C)C)n1. The number of nitrogens with two attached hydrogens (primary N) is 1. The van der Waals surface area contributed by atoms with Gasteiger partial charge in [-0.25, -0.2) is 24.4 Å². The summed E-state index contributed by atoms with van der Waals surface area (Å²) >= 11 is 0. The third-order valence-corrected chi connectivity index (χ3v) is 5.92. The summed E-state index contributed by atoms with van der Waals surface area (Å²) in [6.07, 6.45) is 4.14. The predicted octanol–water partition coefficient (Wildman–Crippen LogP) is 4.06. The summed E-state index contributed by atoms with van der Waals surface area (Å²) in [6.45, 7) is 8.45. The van der Waals surface area contributed by atoms with Crippen LogP contribution in [0.4, 0.5) is 10.7 Å². The fourth-order valence-electron chi connectivity index (χ4n) is 4.27. The van der Waals surface area contributed by atoms with Crippen LogP contribution in [-0.2, 0) is 5.54 Å². The number of hydrogen-bond acceptors (Lipinski definition) is 9. The first-order chi connectivity index (χ1) is 18.7. The lowest BCUT2D eigenvalue weighted by atomic mass is 10.0. The van der Waals surface area contributed by atoms with E-state index in [1.165, 1.54) is 11.0 Å². The van der Waals surface area contributed by atoms with Crippen LogP contribution in [0.1, 0.15) is 33.3 Å². The van der Waals surface area contributed by atoms with E-state index in [0.29, 0.717) is 29.2 Å². The molecule has 0 unspecified atom stereocenters. The Morgan fingerprint density at radius 3 is 2.56 bits per heavy atom. The van der Waals surface area contributed by atoms with Crippen LogP contribution in [-0.4, -0.2) is 46.9 Å². The molecule has 3 N–H and O–H groups in total. The lowest BCUT2D eigenvalue weighted by molar-refractivity contribution is 0.197. The van der Waals surface area contributed by atoms with Crippen molar-refractivity contribution < 1.29 is 9.53 Å². The summed E-state index contributed by atoms with van der Waals surface area (Å²) in [5.74, 6) is 0.841. The summed E-state index contributed by atoms with van der Waals surface area (Å²) in [5.41, 5.74) is 10.4. The molecule has 2 aromatic carbocycles. The van der Waals surface area contributed by atoms with Crippen LogP contribution in [0.2, 0.25) is 0 Å². The summed E-state index contributed by atoms with van der Waals surface area (Å²) in [5, 5.41) is 16.5. The number of aromatic nitrogens is 7. The molecule has 1 amide bonds. The fraction of sp³-hybridized carbons (Fsp3) is 0.222. The second-order valence-corrected chi connectivity index (χ2v) is 9.71. The van der Waals surface area contributed by atoms with Crippen molar-refractivity contribution in [2.24, 2.45) is 0 Å². The average Bonchev–Trinajstić information content (AvgIpc) is 3.53. The number of benzene rings is 2. The monoisotopic (exact) mass is 522 g/mol. The zero-order chi connectivity index (χ0) is 27.7. The zero-order valence-corrected chi connectivity index (χ0v) is 21.9. The Balaban J connectivity index is 1.68. The van der Waals surface area contributed by atoms with Crippen LogP contribution in [0.3, 0.4) is 0 Å². The number of ether oxygens (including phenoxy) is 1. The van der Waals surface area contributed by atoms with E-state index in [0.717, 1.165) is 22.2 Å². The molecule has 0 spiro atoms. The van der Waals surface area contributed by atoms with Gasteiger partial charge in [0.15, 0.2) is 0 Å². The molecule has 0 radical (unpaired) electrons. The van der Waals surface area contributed by atoms with Gasteiger partial charge >= 0.3 is 12.1 Å². The molecule has 5 aromatic rings. The van der Waals surface area contributed by atoms with Gasteiger partial charge in [0.1, 0.15) is 12.2 Å². The van der Waals surface area contributed by atoms with Crippen molar-refractivity contribution in [3.8, 4) is 40.3 Å². The summed E-state index contributed by atoms with van der Waals surface area (Å²) in [6, 6.07) is 13.3. The van der Waals surface area contributed by atoms with Crippen molar-refractivity contribution in [3.05, 3.63) is 60.7 Å². The maximum atomic E-state index is 11.8. The number of nitrogen functional groups attached to an aromatic ring is 1. The Kier molecular flexibility index (Phi) is 6.41. The van der Waals surface area contributed by atoms with Crippen LogP contribution in [0.25, 0.3) is 39.2 Å². The van der Waals surface area contributed by atoms with Crippen molar-refractivity contribution >= 4 is 23.1 Å². The number of nitriles is 1. The molecule has 3 aromatic heterocycles. The van der Waals surface area contributed by atoms with E-state index >= 15 is 0 Å². The maximum Gasteiger partial charge on any atom is 0.415 e. The Bertz CT molecular complexity index is 1720. The molecule has 5 rings (SSSR count). The van der Waals surface area contributed by atoms with Crippen molar-refractivity contribution in [1.82, 2.24) is 39.6 Å². The lowest BCUT2D eigenvalue weighted by Gasteiger charge is -2.25. The molecule has 3 heterocycles. The van der Waals surface area contributed by atoms with E-state index in [9.17, 15) is 10.1 Å². The first-order valence-corrected chi connectivity index (χ1v) is 12.2. The Labute approximate surface area is 224 Å². The van der Waals surface area contributed by atoms with E-state index in [1.54, 1.807) is 37.5 Å². The fourth-order valence-corrected chi connectivity index (χ4v) is 4.27. The largest absolute Gasteiger partial charge is 0.415 e. The smallest absolute Gasteiger partial charge is 0.373 e. The molecule has 0 aliphatic rings. The third kappa shape index (κ3) is 4.97. The predicted molar refractivity (Wildman–Crippen MR) is 145 cm³/mol. The molecule has 0 saturated heterocycles. The van der Waals surface area contributed by atoms with Gasteiger partial charge in [-0.1, -0.05) is 6.07 Å². The van der Waals surface area contributed by atoms with Gasteiger partial charge in [0.2, 0.25) is 5.95 Å². The minimum Gasteiger partial charge on any atom is -0.373 e. The molecule has 39 heavy (non-hydrogen) atoms. The molecular weight excluding hydrogens is 496 g/mol. The van der Waals surface area contributed by atoms with Crippen LogP contribution in [0.15, 0.2) is 55.1 Å². The number of amides is 1. The van der Waals surface area contributed by atoms with Gasteiger partial charge in [0.25, 0.3) is 0 Å². The molecule has 0 saturated carbocycles. The topological polar surface area (TPSA) is 162 Å². The highest BCUT2D eigenvalue weighted by Crippen LogP contribution is 2.36. The second-order valence-electron chi connectivity index (χ2n) is 9.71. The molecule has 0 fully saturated rings. The Morgan fingerprint density at radius 1 is 1.10 bits per heavy atom. The highest BCUT2D eigenvalue weighted by atomic mass is 16.6. The van der Waals surface area contributed by atoms with Gasteiger partial charge in [0, 0.05) is 35.6 Å².